The molecule has 0 spiro atoms. The van der Waals surface area contributed by atoms with Crippen molar-refractivity contribution in [3.63, 3.8) is 0 Å². The fourth-order valence-corrected chi connectivity index (χ4v) is 2.93. The van der Waals surface area contributed by atoms with Crippen LogP contribution in [0, 0.1) is 5.92 Å². The minimum atomic E-state index is -3.49. The molecule has 1 aromatic rings. The third-order valence-corrected chi connectivity index (χ3v) is 4.74. The molecular formula is C13H24N4O3S. The molecule has 0 aliphatic carbocycles. The largest absolute Gasteiger partial charge is 0.346 e. The average molecular weight is 316 g/mol. The van der Waals surface area contributed by atoms with Crippen molar-refractivity contribution in [3.8, 4) is 0 Å². The van der Waals surface area contributed by atoms with Gasteiger partial charge in [-0.1, -0.05) is 20.8 Å². The second-order valence-electron chi connectivity index (χ2n) is 5.34. The highest BCUT2D eigenvalue weighted by Gasteiger charge is 2.22. The maximum atomic E-state index is 12.3. The summed E-state index contributed by atoms with van der Waals surface area (Å²) in [7, 11) is -3.49. The zero-order valence-corrected chi connectivity index (χ0v) is 13.9. The fourth-order valence-electron chi connectivity index (χ4n) is 1.79. The molecular weight excluding hydrogens is 292 g/mol. The normalized spacial score (nSPS) is 11.9. The molecule has 1 rings (SSSR count). The topological polar surface area (TPSA) is 85.2 Å². The van der Waals surface area contributed by atoms with E-state index in [0.717, 1.165) is 11.1 Å². The summed E-state index contributed by atoms with van der Waals surface area (Å²) in [5, 5.41) is 3.54. The number of rotatable bonds is 7. The molecule has 120 valence electrons. The number of hydrogen-bond donors (Lipinski definition) is 0. The minimum Gasteiger partial charge on any atom is -0.323 e. The molecule has 0 saturated heterocycles. The van der Waals surface area contributed by atoms with Crippen LogP contribution in [0.2, 0.25) is 0 Å². The van der Waals surface area contributed by atoms with Crippen LogP contribution in [0.4, 0.5) is 4.79 Å². The highest BCUT2D eigenvalue weighted by atomic mass is 32.2. The molecule has 0 fully saturated rings. The van der Waals surface area contributed by atoms with Crippen LogP contribution in [0.1, 0.15) is 40.5 Å². The van der Waals surface area contributed by atoms with Gasteiger partial charge in [0.1, 0.15) is 6.33 Å². The standard InChI is InChI=1S/C13H24N4O3S/c1-5-9-21(19,20)12-14-10-17(15-12)13(18)16(6-2)8-7-11(3)4/h10-11H,5-9H2,1-4H3. The Bertz CT molecular complexity index is 566. The highest BCUT2D eigenvalue weighted by molar-refractivity contribution is 7.91. The predicted octanol–water partition coefficient (Wildman–Crippen LogP) is 1.80. The Hall–Kier alpha value is -1.44. The lowest BCUT2D eigenvalue weighted by molar-refractivity contribution is 0.195. The molecule has 0 radical (unpaired) electrons. The van der Waals surface area contributed by atoms with Crippen LogP contribution in [-0.4, -0.2) is 53.0 Å². The van der Waals surface area contributed by atoms with E-state index in [2.05, 4.69) is 23.9 Å². The summed E-state index contributed by atoms with van der Waals surface area (Å²) in [6.07, 6.45) is 2.54. The molecule has 0 aliphatic heterocycles. The van der Waals surface area contributed by atoms with Gasteiger partial charge in [-0.05, 0) is 25.7 Å². The van der Waals surface area contributed by atoms with E-state index in [9.17, 15) is 13.2 Å². The van der Waals surface area contributed by atoms with Gasteiger partial charge in [0.2, 0.25) is 9.84 Å². The fraction of sp³-hybridized carbons (Fsp3) is 0.769. The van der Waals surface area contributed by atoms with Gasteiger partial charge in [0.05, 0.1) is 5.75 Å². The summed E-state index contributed by atoms with van der Waals surface area (Å²) in [6, 6.07) is -0.344. The molecule has 0 aliphatic rings. The summed E-state index contributed by atoms with van der Waals surface area (Å²) in [5.41, 5.74) is 0. The van der Waals surface area contributed by atoms with Gasteiger partial charge in [0.25, 0.3) is 5.16 Å². The lowest BCUT2D eigenvalue weighted by atomic mass is 10.1. The Balaban J connectivity index is 2.86. The molecule has 21 heavy (non-hydrogen) atoms. The molecule has 7 nitrogen and oxygen atoms in total. The maximum Gasteiger partial charge on any atom is 0.346 e. The number of carbonyl (C=O) groups excluding carboxylic acids is 1. The molecule has 0 saturated carbocycles. The van der Waals surface area contributed by atoms with Gasteiger partial charge in [-0.25, -0.2) is 18.2 Å². The van der Waals surface area contributed by atoms with Crippen molar-refractivity contribution in [1.29, 1.82) is 0 Å². The molecule has 0 unspecified atom stereocenters. The molecule has 1 aromatic heterocycles. The van der Waals surface area contributed by atoms with Crippen LogP contribution in [0.25, 0.3) is 0 Å². The third-order valence-electron chi connectivity index (χ3n) is 3.05. The second-order valence-corrected chi connectivity index (χ2v) is 7.34. The van der Waals surface area contributed by atoms with E-state index in [1.165, 1.54) is 6.33 Å². The minimum absolute atomic E-state index is 0.0178. The number of hydrogen-bond acceptors (Lipinski definition) is 5. The molecule has 0 atom stereocenters. The van der Waals surface area contributed by atoms with E-state index in [-0.39, 0.29) is 16.9 Å². The van der Waals surface area contributed by atoms with Crippen molar-refractivity contribution < 1.29 is 13.2 Å². The SMILES string of the molecule is CCCS(=O)(=O)c1ncn(C(=O)N(CC)CCC(C)C)n1. The van der Waals surface area contributed by atoms with Crippen LogP contribution < -0.4 is 0 Å². The van der Waals surface area contributed by atoms with Crippen LogP contribution in [0.5, 0.6) is 0 Å². The van der Waals surface area contributed by atoms with E-state index in [0.29, 0.717) is 25.4 Å². The van der Waals surface area contributed by atoms with Crippen LogP contribution in [0.15, 0.2) is 11.5 Å². The number of nitrogens with zero attached hydrogens (tertiary/aromatic N) is 4. The zero-order valence-electron chi connectivity index (χ0n) is 13.1. The van der Waals surface area contributed by atoms with E-state index in [1.807, 2.05) is 6.92 Å². The van der Waals surface area contributed by atoms with E-state index >= 15 is 0 Å². The Morgan fingerprint density at radius 2 is 2.05 bits per heavy atom. The van der Waals surface area contributed by atoms with Crippen LogP contribution >= 0.6 is 0 Å². The Morgan fingerprint density at radius 1 is 1.38 bits per heavy atom. The Kier molecular flexibility index (Phi) is 6.32. The monoisotopic (exact) mass is 316 g/mol. The number of aromatic nitrogens is 3. The van der Waals surface area contributed by atoms with Gasteiger partial charge in [-0.3, -0.25) is 0 Å². The van der Waals surface area contributed by atoms with Crippen molar-refractivity contribution in [1.82, 2.24) is 19.7 Å². The lowest BCUT2D eigenvalue weighted by Crippen LogP contribution is -2.36. The van der Waals surface area contributed by atoms with Crippen molar-refractivity contribution in [2.45, 2.75) is 45.7 Å². The van der Waals surface area contributed by atoms with Gasteiger partial charge in [0, 0.05) is 13.1 Å². The Labute approximate surface area is 126 Å². The second kappa shape index (κ2) is 7.53. The zero-order chi connectivity index (χ0) is 16.0. The van der Waals surface area contributed by atoms with Crippen LogP contribution in [-0.2, 0) is 9.84 Å². The van der Waals surface area contributed by atoms with E-state index in [4.69, 9.17) is 0 Å². The van der Waals surface area contributed by atoms with Gasteiger partial charge < -0.3 is 4.90 Å². The summed E-state index contributed by atoms with van der Waals surface area (Å²) >= 11 is 0. The first-order valence-electron chi connectivity index (χ1n) is 7.25. The molecule has 0 aromatic carbocycles. The van der Waals surface area contributed by atoms with Gasteiger partial charge >= 0.3 is 6.03 Å². The summed E-state index contributed by atoms with van der Waals surface area (Å²) < 4.78 is 24.7. The van der Waals surface area contributed by atoms with Crippen molar-refractivity contribution in [2.75, 3.05) is 18.8 Å². The summed E-state index contributed by atoms with van der Waals surface area (Å²) in [6.45, 7) is 8.98. The highest BCUT2D eigenvalue weighted by Crippen LogP contribution is 2.07. The van der Waals surface area contributed by atoms with Crippen LogP contribution in [0.3, 0.4) is 0 Å². The molecule has 1 amide bonds. The summed E-state index contributed by atoms with van der Waals surface area (Å²) in [4.78, 5) is 17.7. The Morgan fingerprint density at radius 3 is 2.57 bits per heavy atom. The van der Waals surface area contributed by atoms with Crippen molar-refractivity contribution >= 4 is 15.9 Å². The van der Waals surface area contributed by atoms with E-state index in [1.54, 1.807) is 11.8 Å². The molecule has 0 bridgehead atoms. The van der Waals surface area contributed by atoms with Gasteiger partial charge in [0.15, 0.2) is 0 Å². The predicted molar refractivity (Wildman–Crippen MR) is 79.9 cm³/mol. The summed E-state index contributed by atoms with van der Waals surface area (Å²) in [5.74, 6) is 0.471. The van der Waals surface area contributed by atoms with Crippen molar-refractivity contribution in [3.05, 3.63) is 6.33 Å². The average Bonchev–Trinajstić information content (AvgIpc) is 2.89. The maximum absolute atomic E-state index is 12.3. The number of carbonyl (C=O) groups is 1. The molecule has 8 heteroatoms. The number of sulfone groups is 1. The van der Waals surface area contributed by atoms with Gasteiger partial charge in [-0.2, -0.15) is 4.68 Å². The number of amides is 1. The first-order valence-corrected chi connectivity index (χ1v) is 8.90. The third kappa shape index (κ3) is 4.80. The molecule has 0 N–H and O–H groups in total. The first kappa shape index (κ1) is 17.6. The lowest BCUT2D eigenvalue weighted by Gasteiger charge is -2.20. The first-order chi connectivity index (χ1) is 9.81. The quantitative estimate of drug-likeness (QED) is 0.765. The van der Waals surface area contributed by atoms with E-state index < -0.39 is 9.84 Å². The smallest absolute Gasteiger partial charge is 0.323 e. The van der Waals surface area contributed by atoms with Crippen molar-refractivity contribution in [2.24, 2.45) is 5.92 Å². The van der Waals surface area contributed by atoms with Gasteiger partial charge in [-0.15, -0.1) is 5.10 Å². The molecule has 1 heterocycles.